The largest absolute Gasteiger partial charge is 0.425 e. The first kappa shape index (κ1) is 22.3. The first-order valence-electron chi connectivity index (χ1n) is 8.58. The maximum Gasteiger partial charge on any atom is 0.425 e. The van der Waals surface area contributed by atoms with Gasteiger partial charge in [-0.2, -0.15) is 13.2 Å². The molecular formula is C18H24F3NO3S. The number of nitrogens with one attached hydrogen (secondary N) is 1. The summed E-state index contributed by atoms with van der Waals surface area (Å²) in [4.78, 5) is 32.5. The minimum atomic E-state index is -4.36. The van der Waals surface area contributed by atoms with Crippen LogP contribution in [0.4, 0.5) is 13.2 Å². The van der Waals surface area contributed by atoms with Gasteiger partial charge in [0, 0.05) is 29.2 Å². The van der Waals surface area contributed by atoms with E-state index in [1.807, 2.05) is 13.8 Å². The second kappa shape index (κ2) is 9.30. The van der Waals surface area contributed by atoms with Crippen molar-refractivity contribution in [1.29, 1.82) is 0 Å². The summed E-state index contributed by atoms with van der Waals surface area (Å²) in [6, 6.07) is 0. The number of piperidine rings is 1. The number of thiophene rings is 1. The lowest BCUT2D eigenvalue weighted by molar-refractivity contribution is -0.136. The normalized spacial score (nSPS) is 18.7. The summed E-state index contributed by atoms with van der Waals surface area (Å²) in [7, 11) is 0. The highest BCUT2D eigenvalue weighted by molar-refractivity contribution is 7.10. The molecule has 0 aromatic carbocycles. The summed E-state index contributed by atoms with van der Waals surface area (Å²) in [5.74, 6) is -0.667. The maximum absolute atomic E-state index is 12.7. The summed E-state index contributed by atoms with van der Waals surface area (Å²) < 4.78 is 38.1. The minimum absolute atomic E-state index is 0.0164. The minimum Gasteiger partial charge on any atom is -0.296 e. The van der Waals surface area contributed by atoms with Crippen molar-refractivity contribution in [2.45, 2.75) is 59.6 Å². The molecule has 2 rings (SSSR count). The molecule has 1 aliphatic heterocycles. The van der Waals surface area contributed by atoms with Gasteiger partial charge in [0.25, 0.3) is 0 Å². The van der Waals surface area contributed by atoms with Crippen LogP contribution in [0.2, 0.25) is 0 Å². The Morgan fingerprint density at radius 2 is 1.96 bits per heavy atom. The first-order valence-corrected chi connectivity index (χ1v) is 9.46. The van der Waals surface area contributed by atoms with Crippen LogP contribution in [0.5, 0.6) is 0 Å². The molecule has 1 N–H and O–H groups in total. The second-order valence-corrected chi connectivity index (χ2v) is 7.21. The Hall–Kier alpha value is -1.70. The van der Waals surface area contributed by atoms with Crippen LogP contribution in [0.15, 0.2) is 5.38 Å². The summed E-state index contributed by atoms with van der Waals surface area (Å²) in [5, 5.41) is 3.59. The molecular weight excluding hydrogens is 367 g/mol. The molecule has 0 aliphatic carbocycles. The number of hydrogen-bond donors (Lipinski definition) is 1. The fourth-order valence-electron chi connectivity index (χ4n) is 2.43. The Kier molecular flexibility index (Phi) is 7.99. The summed E-state index contributed by atoms with van der Waals surface area (Å²) in [6.45, 7) is 7.06. The van der Waals surface area contributed by atoms with Crippen molar-refractivity contribution in [3.8, 4) is 0 Å². The van der Waals surface area contributed by atoms with Crippen molar-refractivity contribution in [2.75, 3.05) is 0 Å². The molecule has 2 unspecified atom stereocenters. The molecule has 2 amide bonds. The van der Waals surface area contributed by atoms with E-state index in [0.29, 0.717) is 30.6 Å². The molecule has 0 saturated carbocycles. The Morgan fingerprint density at radius 1 is 1.35 bits per heavy atom. The summed E-state index contributed by atoms with van der Waals surface area (Å²) >= 11 is 0.618. The van der Waals surface area contributed by atoms with Crippen molar-refractivity contribution >= 4 is 28.9 Å². The average Bonchev–Trinajstić information content (AvgIpc) is 3.02. The molecule has 1 saturated heterocycles. The molecule has 0 radical (unpaired) electrons. The molecule has 1 fully saturated rings. The van der Waals surface area contributed by atoms with Crippen LogP contribution in [0, 0.1) is 11.8 Å². The second-order valence-electron chi connectivity index (χ2n) is 6.33. The van der Waals surface area contributed by atoms with Crippen LogP contribution < -0.4 is 5.32 Å². The molecule has 146 valence electrons. The molecule has 8 heteroatoms. The van der Waals surface area contributed by atoms with E-state index in [0.717, 1.165) is 0 Å². The van der Waals surface area contributed by atoms with Crippen molar-refractivity contribution in [3.05, 3.63) is 21.4 Å². The predicted octanol–water partition coefficient (Wildman–Crippen LogP) is 4.62. The number of hydrogen-bond acceptors (Lipinski definition) is 4. The average molecular weight is 391 g/mol. The molecule has 1 aliphatic rings. The molecule has 2 atom stereocenters. The van der Waals surface area contributed by atoms with Gasteiger partial charge < -0.3 is 0 Å². The van der Waals surface area contributed by atoms with Gasteiger partial charge in [0.1, 0.15) is 4.88 Å². The van der Waals surface area contributed by atoms with Crippen molar-refractivity contribution in [2.24, 2.45) is 11.8 Å². The number of carbonyl (C=O) groups is 3. The maximum atomic E-state index is 12.7. The Balaban J connectivity index is 0.000000314. The van der Waals surface area contributed by atoms with E-state index >= 15 is 0 Å². The van der Waals surface area contributed by atoms with Gasteiger partial charge in [0.15, 0.2) is 5.78 Å². The quantitative estimate of drug-likeness (QED) is 0.602. The highest BCUT2D eigenvalue weighted by atomic mass is 32.1. The Bertz CT molecular complexity index is 667. The van der Waals surface area contributed by atoms with Crippen LogP contribution in [-0.4, -0.2) is 17.6 Å². The lowest BCUT2D eigenvalue weighted by Crippen LogP contribution is -2.39. The van der Waals surface area contributed by atoms with Crippen LogP contribution in [0.1, 0.15) is 67.8 Å². The number of rotatable bonds is 4. The topological polar surface area (TPSA) is 63.2 Å². The smallest absolute Gasteiger partial charge is 0.296 e. The summed E-state index contributed by atoms with van der Waals surface area (Å²) in [5.41, 5.74) is 0.395. The third-order valence-electron chi connectivity index (χ3n) is 4.34. The number of amides is 2. The van der Waals surface area contributed by atoms with Gasteiger partial charge >= 0.3 is 6.18 Å². The molecule has 2 heterocycles. The van der Waals surface area contributed by atoms with Gasteiger partial charge in [0.2, 0.25) is 11.8 Å². The van der Waals surface area contributed by atoms with Gasteiger partial charge in [-0.05, 0) is 24.8 Å². The van der Waals surface area contributed by atoms with Crippen LogP contribution in [0.3, 0.4) is 0 Å². The molecule has 4 nitrogen and oxygen atoms in total. The number of Topliss-reactive ketones (excluding diaryl/α,β-unsaturated/α-hetero) is 1. The van der Waals surface area contributed by atoms with E-state index in [4.69, 9.17) is 0 Å². The highest BCUT2D eigenvalue weighted by Gasteiger charge is 2.37. The van der Waals surface area contributed by atoms with E-state index in [2.05, 4.69) is 5.32 Å². The molecule has 1 aromatic heterocycles. The van der Waals surface area contributed by atoms with E-state index in [1.165, 1.54) is 5.38 Å². The van der Waals surface area contributed by atoms with Gasteiger partial charge in [-0.1, -0.05) is 27.7 Å². The third-order valence-corrected chi connectivity index (χ3v) is 5.41. The molecule has 0 bridgehead atoms. The monoisotopic (exact) mass is 391 g/mol. The van der Waals surface area contributed by atoms with Gasteiger partial charge in [-0.15, -0.1) is 11.3 Å². The Labute approximate surface area is 155 Å². The van der Waals surface area contributed by atoms with E-state index < -0.39 is 11.1 Å². The van der Waals surface area contributed by atoms with E-state index in [1.54, 1.807) is 13.8 Å². The first-order chi connectivity index (χ1) is 12.0. The Morgan fingerprint density at radius 3 is 2.38 bits per heavy atom. The number of alkyl halides is 3. The standard InChI is InChI=1S/C12H15F3OS.C6H9NO2/c1-4-7(3)10(16)9-6-17-11(8(9)5-2)12(13,14)15;1-4-2-3-5(8)7-6(4)9/h6-7H,4-5H2,1-3H3;4H,2-3H2,1H3,(H,7,8,9). The number of carbonyl (C=O) groups excluding carboxylic acids is 3. The van der Waals surface area contributed by atoms with Gasteiger partial charge in [-0.3, -0.25) is 19.7 Å². The number of halogens is 3. The fraction of sp³-hybridized carbons (Fsp3) is 0.611. The lowest BCUT2D eigenvalue weighted by atomic mass is 9.94. The van der Waals surface area contributed by atoms with E-state index in [9.17, 15) is 27.6 Å². The van der Waals surface area contributed by atoms with E-state index in [-0.39, 0.29) is 47.0 Å². The SMILES string of the molecule is CC1CCC(=O)NC1=O.CCc1c(C(=O)C(C)CC)csc1C(F)(F)F. The number of ketones is 1. The summed E-state index contributed by atoms with van der Waals surface area (Å²) in [6.07, 6.45) is -2.30. The van der Waals surface area contributed by atoms with Crippen molar-refractivity contribution < 1.29 is 27.6 Å². The molecule has 26 heavy (non-hydrogen) atoms. The lowest BCUT2D eigenvalue weighted by Gasteiger charge is -2.15. The van der Waals surface area contributed by atoms with Crippen LogP contribution >= 0.6 is 11.3 Å². The third kappa shape index (κ3) is 5.65. The fourth-order valence-corrected chi connectivity index (χ4v) is 3.46. The number of imide groups is 1. The van der Waals surface area contributed by atoms with Gasteiger partial charge in [-0.25, -0.2) is 0 Å². The predicted molar refractivity (Wildman–Crippen MR) is 94.0 cm³/mol. The van der Waals surface area contributed by atoms with Gasteiger partial charge in [0.05, 0.1) is 0 Å². The zero-order chi connectivity index (χ0) is 20.1. The highest BCUT2D eigenvalue weighted by Crippen LogP contribution is 2.39. The zero-order valence-corrected chi connectivity index (χ0v) is 16.1. The zero-order valence-electron chi connectivity index (χ0n) is 15.3. The molecule has 1 aromatic rings. The molecule has 0 spiro atoms. The van der Waals surface area contributed by atoms with Crippen molar-refractivity contribution in [3.63, 3.8) is 0 Å². The van der Waals surface area contributed by atoms with Crippen LogP contribution in [-0.2, 0) is 22.2 Å². The van der Waals surface area contributed by atoms with Crippen molar-refractivity contribution in [1.82, 2.24) is 5.32 Å². The van der Waals surface area contributed by atoms with Crippen LogP contribution in [0.25, 0.3) is 0 Å².